The maximum Gasteiger partial charge on any atom is 0.407 e. The van der Waals surface area contributed by atoms with Crippen LogP contribution in [0.1, 0.15) is 19.8 Å². The predicted molar refractivity (Wildman–Crippen MR) is 50.5 cm³/mol. The van der Waals surface area contributed by atoms with Crippen LogP contribution in [0.25, 0.3) is 0 Å². The number of aliphatic hydroxyl groups is 1. The van der Waals surface area contributed by atoms with Crippen molar-refractivity contribution in [1.29, 1.82) is 0 Å². The summed E-state index contributed by atoms with van der Waals surface area (Å²) >= 11 is 0. The van der Waals surface area contributed by atoms with Crippen molar-refractivity contribution in [2.24, 2.45) is 0 Å². The van der Waals surface area contributed by atoms with E-state index in [9.17, 15) is 9.90 Å². The molecular weight excluding hydrogens is 170 g/mol. The first-order chi connectivity index (χ1) is 6.20. The van der Waals surface area contributed by atoms with Crippen molar-refractivity contribution in [3.8, 4) is 0 Å². The lowest BCUT2D eigenvalue weighted by atomic mass is 10.2. The van der Waals surface area contributed by atoms with Gasteiger partial charge in [0, 0.05) is 6.54 Å². The number of rotatable bonds is 6. The summed E-state index contributed by atoms with van der Waals surface area (Å²) in [6.07, 6.45) is 2.07. The zero-order valence-electron chi connectivity index (χ0n) is 7.95. The number of carbonyl (C=O) groups excluding carboxylic acids is 1. The number of hydrogen-bond donors (Lipinski definition) is 2. The van der Waals surface area contributed by atoms with Crippen LogP contribution in [0.3, 0.4) is 0 Å². The van der Waals surface area contributed by atoms with Crippen LogP contribution in [0.2, 0.25) is 0 Å². The summed E-state index contributed by atoms with van der Waals surface area (Å²) < 4.78 is 4.62. The van der Waals surface area contributed by atoms with Gasteiger partial charge in [0.1, 0.15) is 0 Å². The summed E-state index contributed by atoms with van der Waals surface area (Å²) in [6.45, 7) is 5.83. The summed E-state index contributed by atoms with van der Waals surface area (Å²) in [5.74, 6) is 0. The molecule has 0 aliphatic rings. The predicted octanol–water partition coefficient (Wildman–Crippen LogP) is 1.06. The van der Waals surface area contributed by atoms with Crippen molar-refractivity contribution in [3.63, 3.8) is 0 Å². The summed E-state index contributed by atoms with van der Waals surface area (Å²) in [5.41, 5.74) is 0. The molecule has 0 bridgehead atoms. The van der Waals surface area contributed by atoms with Gasteiger partial charge in [0.25, 0.3) is 0 Å². The van der Waals surface area contributed by atoms with Crippen molar-refractivity contribution in [1.82, 2.24) is 5.32 Å². The maximum absolute atomic E-state index is 10.8. The number of hydrogen-bond acceptors (Lipinski definition) is 3. The maximum atomic E-state index is 10.8. The molecule has 4 heteroatoms. The second-order valence-corrected chi connectivity index (χ2v) is 2.62. The monoisotopic (exact) mass is 187 g/mol. The fourth-order valence-electron chi connectivity index (χ4n) is 0.796. The van der Waals surface area contributed by atoms with Crippen LogP contribution in [0, 0.1) is 0 Å². The average Bonchev–Trinajstić information content (AvgIpc) is 2.12. The first-order valence-corrected chi connectivity index (χ1v) is 4.40. The number of alkyl carbamates (subject to hydrolysis) is 1. The number of amides is 1. The zero-order valence-corrected chi connectivity index (χ0v) is 7.95. The summed E-state index contributed by atoms with van der Waals surface area (Å²) in [7, 11) is 0. The van der Waals surface area contributed by atoms with Gasteiger partial charge in [-0.15, -0.1) is 6.58 Å². The molecule has 13 heavy (non-hydrogen) atoms. The molecular formula is C9H17NO3. The molecule has 0 spiro atoms. The average molecular weight is 187 g/mol. The van der Waals surface area contributed by atoms with Crippen molar-refractivity contribution in [3.05, 3.63) is 12.7 Å². The molecule has 0 radical (unpaired) electrons. The van der Waals surface area contributed by atoms with E-state index in [-0.39, 0.29) is 6.54 Å². The third-order valence-corrected chi connectivity index (χ3v) is 1.46. The Morgan fingerprint density at radius 2 is 2.46 bits per heavy atom. The smallest absolute Gasteiger partial charge is 0.407 e. The van der Waals surface area contributed by atoms with Gasteiger partial charge in [-0.3, -0.25) is 0 Å². The minimum atomic E-state index is -0.526. The Labute approximate surface area is 78.6 Å². The molecule has 0 saturated heterocycles. The Bertz CT molecular complexity index is 159. The van der Waals surface area contributed by atoms with E-state index in [0.29, 0.717) is 13.0 Å². The van der Waals surface area contributed by atoms with Gasteiger partial charge < -0.3 is 15.2 Å². The topological polar surface area (TPSA) is 58.6 Å². The molecule has 2 N–H and O–H groups in total. The lowest BCUT2D eigenvalue weighted by Gasteiger charge is -2.10. The van der Waals surface area contributed by atoms with Gasteiger partial charge >= 0.3 is 6.09 Å². The van der Waals surface area contributed by atoms with Crippen LogP contribution in [0.15, 0.2) is 12.7 Å². The molecule has 1 amide bonds. The third-order valence-electron chi connectivity index (χ3n) is 1.46. The highest BCUT2D eigenvalue weighted by Gasteiger charge is 2.05. The van der Waals surface area contributed by atoms with Gasteiger partial charge in [-0.1, -0.05) is 6.08 Å². The van der Waals surface area contributed by atoms with Gasteiger partial charge in [0.05, 0.1) is 12.7 Å². The van der Waals surface area contributed by atoms with E-state index in [1.165, 1.54) is 0 Å². The molecule has 0 rings (SSSR count). The normalized spacial score (nSPS) is 11.8. The molecule has 0 aromatic heterocycles. The quantitative estimate of drug-likeness (QED) is 0.611. The number of ether oxygens (including phenoxy) is 1. The van der Waals surface area contributed by atoms with Crippen molar-refractivity contribution >= 4 is 6.09 Å². The van der Waals surface area contributed by atoms with Gasteiger partial charge in [-0.05, 0) is 19.8 Å². The minimum Gasteiger partial charge on any atom is -0.450 e. The fraction of sp³-hybridized carbons (Fsp3) is 0.667. The number of aliphatic hydroxyl groups excluding tert-OH is 1. The first kappa shape index (κ1) is 12.0. The molecule has 0 aromatic carbocycles. The lowest BCUT2D eigenvalue weighted by molar-refractivity contribution is 0.131. The lowest BCUT2D eigenvalue weighted by Crippen LogP contribution is -2.32. The first-order valence-electron chi connectivity index (χ1n) is 4.40. The van der Waals surface area contributed by atoms with E-state index in [2.05, 4.69) is 16.6 Å². The Kier molecular flexibility index (Phi) is 7.01. The fourth-order valence-corrected chi connectivity index (χ4v) is 0.796. The van der Waals surface area contributed by atoms with E-state index in [0.717, 1.165) is 6.42 Å². The molecule has 1 atom stereocenters. The molecule has 0 aromatic rings. The number of allylic oxidation sites excluding steroid dienone is 1. The Balaban J connectivity index is 3.39. The Morgan fingerprint density at radius 3 is 3.00 bits per heavy atom. The zero-order chi connectivity index (χ0) is 10.1. The van der Waals surface area contributed by atoms with Crippen molar-refractivity contribution in [2.75, 3.05) is 13.2 Å². The van der Waals surface area contributed by atoms with E-state index in [4.69, 9.17) is 0 Å². The molecule has 4 nitrogen and oxygen atoms in total. The van der Waals surface area contributed by atoms with Crippen LogP contribution < -0.4 is 5.32 Å². The van der Waals surface area contributed by atoms with Crippen molar-refractivity contribution < 1.29 is 14.6 Å². The highest BCUT2D eigenvalue weighted by atomic mass is 16.5. The number of nitrogens with one attached hydrogen (secondary N) is 1. The summed E-state index contributed by atoms with van der Waals surface area (Å²) in [6, 6.07) is 0. The Hall–Kier alpha value is -1.03. The van der Waals surface area contributed by atoms with Crippen LogP contribution in [-0.4, -0.2) is 30.5 Å². The minimum absolute atomic E-state index is 0.229. The molecule has 0 fully saturated rings. The highest BCUT2D eigenvalue weighted by Crippen LogP contribution is 1.95. The molecule has 0 saturated carbocycles. The van der Waals surface area contributed by atoms with E-state index in [1.54, 1.807) is 13.0 Å². The third kappa shape index (κ3) is 7.33. The van der Waals surface area contributed by atoms with Gasteiger partial charge in [-0.25, -0.2) is 4.79 Å². The van der Waals surface area contributed by atoms with Gasteiger partial charge in [-0.2, -0.15) is 0 Å². The van der Waals surface area contributed by atoms with E-state index >= 15 is 0 Å². The molecule has 0 unspecified atom stereocenters. The summed E-state index contributed by atoms with van der Waals surface area (Å²) in [4.78, 5) is 10.8. The SMILES string of the molecule is C=CCC[C@@H](O)CNC(=O)OCC. The van der Waals surface area contributed by atoms with E-state index in [1.807, 2.05) is 0 Å². The highest BCUT2D eigenvalue weighted by molar-refractivity contribution is 5.67. The largest absolute Gasteiger partial charge is 0.450 e. The van der Waals surface area contributed by atoms with Gasteiger partial charge in [0.2, 0.25) is 0 Å². The standard InChI is InChI=1S/C9H17NO3/c1-3-5-6-8(11)7-10-9(12)13-4-2/h3,8,11H,1,4-7H2,2H3,(H,10,12)/t8-/m1/s1. The second kappa shape index (κ2) is 7.61. The number of carbonyl (C=O) groups is 1. The second-order valence-electron chi connectivity index (χ2n) is 2.62. The molecule has 0 heterocycles. The molecule has 76 valence electrons. The van der Waals surface area contributed by atoms with Crippen LogP contribution in [0.4, 0.5) is 4.79 Å². The Morgan fingerprint density at radius 1 is 1.77 bits per heavy atom. The van der Waals surface area contributed by atoms with Crippen LogP contribution in [-0.2, 0) is 4.74 Å². The summed E-state index contributed by atoms with van der Waals surface area (Å²) in [5, 5.41) is 11.7. The van der Waals surface area contributed by atoms with Crippen LogP contribution >= 0.6 is 0 Å². The van der Waals surface area contributed by atoms with Gasteiger partial charge in [0.15, 0.2) is 0 Å². The molecule has 0 aliphatic carbocycles. The van der Waals surface area contributed by atoms with E-state index < -0.39 is 12.2 Å². The van der Waals surface area contributed by atoms with Crippen LogP contribution in [0.5, 0.6) is 0 Å². The molecule has 0 aliphatic heterocycles. The van der Waals surface area contributed by atoms with Crippen molar-refractivity contribution in [2.45, 2.75) is 25.9 Å².